The molecule has 3 aromatic rings. The van der Waals surface area contributed by atoms with Crippen molar-refractivity contribution in [2.75, 3.05) is 33.0 Å². The predicted octanol–water partition coefficient (Wildman–Crippen LogP) is 2.62. The van der Waals surface area contributed by atoms with Gasteiger partial charge < -0.3 is 23.9 Å². The third-order valence-corrected chi connectivity index (χ3v) is 8.11. The fourth-order valence-electron chi connectivity index (χ4n) is 4.72. The number of esters is 1. The van der Waals surface area contributed by atoms with Crippen molar-refractivity contribution < 1.29 is 37.1 Å². The van der Waals surface area contributed by atoms with Crippen LogP contribution in [0, 0.1) is 13.8 Å². The van der Waals surface area contributed by atoms with Crippen molar-refractivity contribution in [3.05, 3.63) is 70.2 Å². The summed E-state index contributed by atoms with van der Waals surface area (Å²) in [6.07, 6.45) is 1.36. The summed E-state index contributed by atoms with van der Waals surface area (Å²) in [6.45, 7) is 6.87. The van der Waals surface area contributed by atoms with Crippen LogP contribution in [0.25, 0.3) is 11.0 Å². The molecule has 0 bridgehead atoms. The number of ether oxygens (including phenoxy) is 2. The Balaban J connectivity index is 1.70. The molecule has 1 aliphatic heterocycles. The number of rotatable bonds is 12. The number of aromatic nitrogens is 3. The van der Waals surface area contributed by atoms with Gasteiger partial charge in [-0.15, -0.1) is 5.10 Å². The zero-order chi connectivity index (χ0) is 28.9. The number of carbonyl (C=O) groups excluding carboxylic acids is 1. The number of hydrogen-bond acceptors (Lipinski definition) is 10. The highest BCUT2D eigenvalue weighted by Gasteiger charge is 2.30. The highest BCUT2D eigenvalue weighted by Crippen LogP contribution is 2.35. The number of benzene rings is 2. The molecule has 0 aliphatic carbocycles. The van der Waals surface area contributed by atoms with Crippen molar-refractivity contribution in [2.24, 2.45) is 0 Å². The summed E-state index contributed by atoms with van der Waals surface area (Å²) in [4.78, 5) is 12.7. The van der Waals surface area contributed by atoms with Crippen LogP contribution in [0.5, 0.6) is 0 Å². The Morgan fingerprint density at radius 1 is 1.20 bits per heavy atom. The van der Waals surface area contributed by atoms with Gasteiger partial charge in [0, 0.05) is 25.1 Å². The highest BCUT2D eigenvalue weighted by molar-refractivity contribution is 7.84. The normalized spacial score (nSPS) is 15.9. The number of nitrogens with zero attached hydrogens (tertiary/aromatic N) is 4. The minimum Gasteiger partial charge on any atom is -0.480 e. The van der Waals surface area contributed by atoms with Gasteiger partial charge in [-0.3, -0.25) is 4.79 Å². The molecule has 2 aromatic carbocycles. The van der Waals surface area contributed by atoms with Gasteiger partial charge in [0.05, 0.1) is 44.9 Å². The third-order valence-electron chi connectivity index (χ3n) is 6.82. The Hall–Kier alpha value is -3.52. The average molecular weight is 575 g/mol. The number of fused-ring (bicyclic) bond motifs is 1. The van der Waals surface area contributed by atoms with Crippen LogP contribution in [0.2, 0.25) is 0 Å². The second-order valence-corrected chi connectivity index (χ2v) is 11.0. The van der Waals surface area contributed by atoms with Crippen molar-refractivity contribution >= 4 is 27.3 Å². The molecule has 2 heterocycles. The molecule has 0 saturated heterocycles. The molecule has 1 aromatic heterocycles. The lowest BCUT2D eigenvalue weighted by Gasteiger charge is -2.25. The van der Waals surface area contributed by atoms with Gasteiger partial charge in [-0.2, -0.15) is 12.7 Å². The van der Waals surface area contributed by atoms with Gasteiger partial charge in [-0.1, -0.05) is 29.5 Å². The predicted molar refractivity (Wildman–Crippen MR) is 146 cm³/mol. The molecule has 1 atom stereocenters. The molecule has 4 rings (SSSR count). The van der Waals surface area contributed by atoms with E-state index in [1.54, 1.807) is 11.6 Å². The fourth-order valence-corrected chi connectivity index (χ4v) is 5.66. The van der Waals surface area contributed by atoms with Gasteiger partial charge in [-0.25, -0.2) is 4.68 Å². The van der Waals surface area contributed by atoms with Crippen LogP contribution in [0.3, 0.4) is 0 Å². The number of hydrogen-bond donors (Lipinski definition) is 2. The molecule has 40 heavy (non-hydrogen) atoms. The number of aliphatic hydroxyl groups excluding tert-OH is 2. The molecule has 2 N–H and O–H groups in total. The maximum absolute atomic E-state index is 12.7. The van der Waals surface area contributed by atoms with Crippen LogP contribution in [0.15, 0.2) is 42.4 Å². The second kappa shape index (κ2) is 12.8. The molecule has 1 unspecified atom stereocenters. The number of carbonyl (C=O) groups is 1. The van der Waals surface area contributed by atoms with Crippen LogP contribution < -0.4 is 0 Å². The first kappa shape index (κ1) is 29.5. The zero-order valence-electron chi connectivity index (χ0n) is 22.7. The molecule has 1 aliphatic rings. The van der Waals surface area contributed by atoms with Gasteiger partial charge in [0.1, 0.15) is 5.52 Å². The Labute approximate surface area is 233 Å². The lowest BCUT2D eigenvalue weighted by atomic mass is 9.84. The van der Waals surface area contributed by atoms with Crippen LogP contribution in [0.1, 0.15) is 47.1 Å². The first-order chi connectivity index (χ1) is 19.1. The lowest BCUT2D eigenvalue weighted by Crippen LogP contribution is -2.35. The summed E-state index contributed by atoms with van der Waals surface area (Å²) in [5.41, 5.74) is 5.68. The molecule has 12 nitrogen and oxygen atoms in total. The van der Waals surface area contributed by atoms with E-state index in [0.717, 1.165) is 37.6 Å². The summed E-state index contributed by atoms with van der Waals surface area (Å²) in [7, 11) is -4.14. The van der Waals surface area contributed by atoms with E-state index in [0.29, 0.717) is 18.7 Å². The Morgan fingerprint density at radius 3 is 2.73 bits per heavy atom. The molecule has 216 valence electrons. The van der Waals surface area contributed by atoms with Crippen molar-refractivity contribution in [3.63, 3.8) is 0 Å². The Bertz CT molecular complexity index is 1500. The van der Waals surface area contributed by atoms with Gasteiger partial charge in [0.15, 0.2) is 0 Å². The highest BCUT2D eigenvalue weighted by atomic mass is 32.2. The smallest absolute Gasteiger partial charge is 0.388 e. The first-order valence-electron chi connectivity index (χ1n) is 13.0. The average Bonchev–Trinajstić information content (AvgIpc) is 3.32. The van der Waals surface area contributed by atoms with Crippen molar-refractivity contribution in [1.29, 1.82) is 0 Å². The molecule has 0 spiro atoms. The maximum Gasteiger partial charge on any atom is 0.388 e. The molecule has 0 amide bonds. The van der Waals surface area contributed by atoms with E-state index in [9.17, 15) is 18.3 Å². The van der Waals surface area contributed by atoms with Crippen LogP contribution in [0.4, 0.5) is 0 Å². The first-order valence-corrected chi connectivity index (χ1v) is 14.4. The van der Waals surface area contributed by atoms with E-state index in [4.69, 9.17) is 14.6 Å². The number of aliphatic hydroxyl groups is 2. The van der Waals surface area contributed by atoms with Gasteiger partial charge in [0.25, 0.3) is 5.95 Å². The molecule has 0 radical (unpaired) electrons. The van der Waals surface area contributed by atoms with E-state index >= 15 is 0 Å². The molecule has 13 heteroatoms. The van der Waals surface area contributed by atoms with Gasteiger partial charge in [0.2, 0.25) is 0 Å². The monoisotopic (exact) mass is 574 g/mol. The van der Waals surface area contributed by atoms with Crippen LogP contribution >= 0.6 is 0 Å². The van der Waals surface area contributed by atoms with E-state index in [-0.39, 0.29) is 51.2 Å². The molecule has 0 fully saturated rings. The minimum absolute atomic E-state index is 0.0272. The fraction of sp³-hybridized carbons (Fsp3) is 0.444. The van der Waals surface area contributed by atoms with E-state index in [2.05, 4.69) is 14.5 Å². The molecular weight excluding hydrogens is 540 g/mol. The zero-order valence-corrected chi connectivity index (χ0v) is 23.6. The Kier molecular flexibility index (Phi) is 9.40. The van der Waals surface area contributed by atoms with E-state index in [1.807, 2.05) is 44.2 Å². The molecule has 0 saturated carbocycles. The topological polar surface area (TPSA) is 153 Å². The summed E-state index contributed by atoms with van der Waals surface area (Å²) in [5, 5.41) is 27.0. The maximum atomic E-state index is 12.7. The van der Waals surface area contributed by atoms with Crippen molar-refractivity contribution in [1.82, 2.24) is 19.3 Å². The minimum atomic E-state index is -4.14. The standard InChI is InChI=1S/C27H34N4O8S/c1-4-38-26(34)16-23(22-7-8-24-27(19(22)3)28-29-31(24)11-13-37-14-12-32)20-6-5-18(2)21(15-20)17-30-10-9-25(33)39-40(30,35)36/h5-9,15,23,32-33H,4,10-14,16-17H2,1-3H3. The Morgan fingerprint density at radius 2 is 2.00 bits per heavy atom. The SMILES string of the molecule is CCOC(=O)CC(c1ccc(C)c(CN2CC=C(O)OS2(=O)=O)c1)c1ccc2c(nnn2CCOCCO)c1C. The van der Waals surface area contributed by atoms with E-state index < -0.39 is 16.2 Å². The number of aryl methyl sites for hydroxylation is 2. The van der Waals surface area contributed by atoms with Gasteiger partial charge in [-0.05, 0) is 54.7 Å². The summed E-state index contributed by atoms with van der Waals surface area (Å²) >= 11 is 0. The van der Waals surface area contributed by atoms with Gasteiger partial charge >= 0.3 is 16.3 Å². The molecular formula is C27H34N4O8S. The van der Waals surface area contributed by atoms with E-state index in [1.165, 1.54) is 6.08 Å². The summed E-state index contributed by atoms with van der Waals surface area (Å²) in [6, 6.07) is 9.57. The largest absolute Gasteiger partial charge is 0.480 e. The summed E-state index contributed by atoms with van der Waals surface area (Å²) < 4.78 is 43.0. The quantitative estimate of drug-likeness (QED) is 0.244. The summed E-state index contributed by atoms with van der Waals surface area (Å²) in [5.74, 6) is -1.39. The lowest BCUT2D eigenvalue weighted by molar-refractivity contribution is -0.143. The third kappa shape index (κ3) is 6.61. The van der Waals surface area contributed by atoms with Crippen molar-refractivity contribution in [2.45, 2.75) is 46.2 Å². The van der Waals surface area contributed by atoms with Crippen LogP contribution in [-0.2, 0) is 41.8 Å². The van der Waals surface area contributed by atoms with Crippen LogP contribution in [-0.4, -0.2) is 76.9 Å². The van der Waals surface area contributed by atoms with Crippen molar-refractivity contribution in [3.8, 4) is 0 Å². The second-order valence-electron chi connectivity index (χ2n) is 9.42.